The molecule has 13 heavy (non-hydrogen) atoms. The Bertz CT molecular complexity index is 208. The van der Waals surface area contributed by atoms with E-state index < -0.39 is 5.60 Å². The van der Waals surface area contributed by atoms with Crippen LogP contribution in [0.1, 0.15) is 26.2 Å². The van der Waals surface area contributed by atoms with Gasteiger partial charge in [-0.2, -0.15) is 0 Å². The molecule has 74 valence electrons. The van der Waals surface area contributed by atoms with E-state index in [9.17, 15) is 9.90 Å². The molecule has 1 N–H and O–H groups in total. The summed E-state index contributed by atoms with van der Waals surface area (Å²) >= 11 is 0. The summed E-state index contributed by atoms with van der Waals surface area (Å²) in [4.78, 5) is 11.1. The molecule has 0 radical (unpaired) electrons. The molecule has 0 aromatic carbocycles. The summed E-state index contributed by atoms with van der Waals surface area (Å²) < 4.78 is 4.77. The fourth-order valence-corrected chi connectivity index (χ4v) is 1.41. The van der Waals surface area contributed by atoms with Gasteiger partial charge in [-0.3, -0.25) is 4.79 Å². The van der Waals surface area contributed by atoms with E-state index in [1.807, 2.05) is 0 Å². The molecule has 1 unspecified atom stereocenters. The first-order chi connectivity index (χ1) is 6.12. The lowest BCUT2D eigenvalue weighted by Gasteiger charge is -2.22. The highest BCUT2D eigenvalue weighted by molar-refractivity contribution is 5.71. The minimum atomic E-state index is -1.04. The smallest absolute Gasteiger partial charge is 0.309 e. The second-order valence-electron chi connectivity index (χ2n) is 3.45. The van der Waals surface area contributed by atoms with Crippen LogP contribution in [0.4, 0.5) is 0 Å². The minimum absolute atomic E-state index is 0.0367. The van der Waals surface area contributed by atoms with E-state index in [0.29, 0.717) is 6.61 Å². The van der Waals surface area contributed by atoms with Crippen molar-refractivity contribution in [2.75, 3.05) is 6.61 Å². The summed E-state index contributed by atoms with van der Waals surface area (Å²) in [6.07, 6.45) is 3.44. The van der Waals surface area contributed by atoms with Gasteiger partial charge in [0, 0.05) is 0 Å². The highest BCUT2D eigenvalue weighted by atomic mass is 16.5. The predicted octanol–water partition coefficient (Wildman–Crippen LogP) is 1.27. The Hall–Kier alpha value is -0.830. The van der Waals surface area contributed by atoms with Crippen LogP contribution in [0.25, 0.3) is 0 Å². The Balaban J connectivity index is 2.47. The molecule has 1 aliphatic carbocycles. The molecular formula is C10H16O3. The molecule has 1 rings (SSSR count). The molecule has 1 fully saturated rings. The van der Waals surface area contributed by atoms with Crippen molar-refractivity contribution in [1.82, 2.24) is 0 Å². The van der Waals surface area contributed by atoms with Crippen LogP contribution in [0.3, 0.4) is 0 Å². The van der Waals surface area contributed by atoms with Crippen molar-refractivity contribution in [3.63, 3.8) is 0 Å². The maximum atomic E-state index is 11.1. The lowest BCUT2D eigenvalue weighted by atomic mass is 9.94. The topological polar surface area (TPSA) is 46.5 Å². The second kappa shape index (κ2) is 3.92. The number of esters is 1. The number of ether oxygens (including phenoxy) is 1. The molecule has 0 aromatic heterocycles. The number of hydrogen-bond acceptors (Lipinski definition) is 3. The van der Waals surface area contributed by atoms with E-state index in [4.69, 9.17) is 4.74 Å². The van der Waals surface area contributed by atoms with Gasteiger partial charge >= 0.3 is 5.97 Å². The van der Waals surface area contributed by atoms with Crippen LogP contribution < -0.4 is 0 Å². The van der Waals surface area contributed by atoms with Gasteiger partial charge in [-0.15, -0.1) is 6.58 Å². The molecule has 1 atom stereocenters. The summed E-state index contributed by atoms with van der Waals surface area (Å²) in [6, 6.07) is 0. The third-order valence-corrected chi connectivity index (χ3v) is 2.37. The van der Waals surface area contributed by atoms with Crippen molar-refractivity contribution in [2.24, 2.45) is 5.92 Å². The van der Waals surface area contributed by atoms with Gasteiger partial charge in [0.15, 0.2) is 0 Å². The molecule has 0 spiro atoms. The standard InChI is InChI=1S/C10H16O3/c1-3-10(12,8-5-6-8)7-9(11)13-4-2/h3,8,12H,1,4-7H2,2H3. The maximum Gasteiger partial charge on any atom is 0.309 e. The van der Waals surface area contributed by atoms with Gasteiger partial charge in [-0.05, 0) is 25.7 Å². The molecule has 0 aromatic rings. The number of carbonyl (C=O) groups excluding carboxylic acids is 1. The third-order valence-electron chi connectivity index (χ3n) is 2.37. The fourth-order valence-electron chi connectivity index (χ4n) is 1.41. The first-order valence-corrected chi connectivity index (χ1v) is 4.64. The largest absolute Gasteiger partial charge is 0.466 e. The van der Waals surface area contributed by atoms with Crippen molar-refractivity contribution >= 4 is 5.97 Å². The van der Waals surface area contributed by atoms with Crippen molar-refractivity contribution in [1.29, 1.82) is 0 Å². The highest BCUT2D eigenvalue weighted by Crippen LogP contribution is 2.42. The van der Waals surface area contributed by atoms with Crippen LogP contribution in [0.2, 0.25) is 0 Å². The highest BCUT2D eigenvalue weighted by Gasteiger charge is 2.43. The molecule has 3 heteroatoms. The Labute approximate surface area is 78.4 Å². The molecule has 0 amide bonds. The van der Waals surface area contributed by atoms with Gasteiger partial charge < -0.3 is 9.84 Å². The van der Waals surface area contributed by atoms with Crippen LogP contribution in [-0.2, 0) is 9.53 Å². The Kier molecular flexibility index (Phi) is 3.09. The zero-order valence-electron chi connectivity index (χ0n) is 7.95. The van der Waals surface area contributed by atoms with E-state index >= 15 is 0 Å². The summed E-state index contributed by atoms with van der Waals surface area (Å²) in [5.74, 6) is -0.147. The number of aliphatic hydroxyl groups is 1. The quantitative estimate of drug-likeness (QED) is 0.517. The summed E-state index contributed by atoms with van der Waals surface area (Å²) in [6.45, 7) is 5.66. The molecule has 0 bridgehead atoms. The Morgan fingerprint density at radius 1 is 1.77 bits per heavy atom. The van der Waals surface area contributed by atoms with Gasteiger partial charge in [-0.1, -0.05) is 6.08 Å². The predicted molar refractivity (Wildman–Crippen MR) is 49.1 cm³/mol. The van der Waals surface area contributed by atoms with E-state index in [-0.39, 0.29) is 18.3 Å². The average Bonchev–Trinajstić information content (AvgIpc) is 2.86. The first kappa shape index (κ1) is 10.3. The lowest BCUT2D eigenvalue weighted by molar-refractivity contribution is -0.147. The Morgan fingerprint density at radius 2 is 2.38 bits per heavy atom. The fraction of sp³-hybridized carbons (Fsp3) is 0.700. The van der Waals surface area contributed by atoms with Crippen molar-refractivity contribution in [3.8, 4) is 0 Å². The van der Waals surface area contributed by atoms with E-state index in [0.717, 1.165) is 12.8 Å². The number of rotatable bonds is 5. The van der Waals surface area contributed by atoms with Crippen LogP contribution >= 0.6 is 0 Å². The van der Waals surface area contributed by atoms with Crippen molar-refractivity contribution < 1.29 is 14.6 Å². The summed E-state index contributed by atoms with van der Waals surface area (Å²) in [7, 11) is 0. The van der Waals surface area contributed by atoms with Crippen molar-refractivity contribution in [3.05, 3.63) is 12.7 Å². The van der Waals surface area contributed by atoms with Crippen LogP contribution in [0, 0.1) is 5.92 Å². The number of carbonyl (C=O) groups is 1. The SMILES string of the molecule is C=CC(O)(CC(=O)OCC)C1CC1. The molecule has 1 aliphatic rings. The van der Waals surface area contributed by atoms with Crippen LogP contribution in [-0.4, -0.2) is 23.3 Å². The van der Waals surface area contributed by atoms with Gasteiger partial charge in [-0.25, -0.2) is 0 Å². The normalized spacial score (nSPS) is 20.5. The minimum Gasteiger partial charge on any atom is -0.466 e. The maximum absolute atomic E-state index is 11.1. The second-order valence-corrected chi connectivity index (χ2v) is 3.45. The molecule has 0 heterocycles. The molecule has 0 aliphatic heterocycles. The summed E-state index contributed by atoms with van der Waals surface area (Å²) in [5.41, 5.74) is -1.04. The lowest BCUT2D eigenvalue weighted by Crippen LogP contribution is -2.32. The monoisotopic (exact) mass is 184 g/mol. The third kappa shape index (κ3) is 2.56. The van der Waals surface area contributed by atoms with E-state index in [1.165, 1.54) is 6.08 Å². The van der Waals surface area contributed by atoms with Crippen LogP contribution in [0.15, 0.2) is 12.7 Å². The van der Waals surface area contributed by atoms with Gasteiger partial charge in [0.2, 0.25) is 0 Å². The molecule has 1 saturated carbocycles. The first-order valence-electron chi connectivity index (χ1n) is 4.64. The Morgan fingerprint density at radius 3 is 2.77 bits per heavy atom. The van der Waals surface area contributed by atoms with E-state index in [2.05, 4.69) is 6.58 Å². The number of hydrogen-bond donors (Lipinski definition) is 1. The average molecular weight is 184 g/mol. The van der Waals surface area contributed by atoms with Crippen molar-refractivity contribution in [2.45, 2.75) is 31.8 Å². The zero-order chi connectivity index (χ0) is 9.90. The van der Waals surface area contributed by atoms with Gasteiger partial charge in [0.25, 0.3) is 0 Å². The van der Waals surface area contributed by atoms with Gasteiger partial charge in [0.05, 0.1) is 18.6 Å². The molecule has 0 saturated heterocycles. The summed E-state index contributed by atoms with van der Waals surface area (Å²) in [5, 5.41) is 9.94. The molecule has 3 nitrogen and oxygen atoms in total. The molecular weight excluding hydrogens is 168 g/mol. The van der Waals surface area contributed by atoms with E-state index in [1.54, 1.807) is 6.92 Å². The zero-order valence-corrected chi connectivity index (χ0v) is 7.95. The van der Waals surface area contributed by atoms with Gasteiger partial charge in [0.1, 0.15) is 0 Å². The van der Waals surface area contributed by atoms with Crippen LogP contribution in [0.5, 0.6) is 0 Å².